The second-order valence-corrected chi connectivity index (χ2v) is 7.80. The highest BCUT2D eigenvalue weighted by atomic mass is 32.2. The van der Waals surface area contributed by atoms with E-state index >= 15 is 0 Å². The number of nitrogens with zero attached hydrogens (tertiary/aromatic N) is 1. The fraction of sp³-hybridized carbons (Fsp3) is 0.571. The Kier molecular flexibility index (Phi) is 2.66. The molecule has 2 rings (SSSR count). The van der Waals surface area contributed by atoms with Crippen LogP contribution in [0.15, 0.2) is 12.4 Å². The predicted octanol–water partition coefficient (Wildman–Crippen LogP) is -0.662. The van der Waals surface area contributed by atoms with Gasteiger partial charge in [0.05, 0.1) is 16.8 Å². The summed E-state index contributed by atoms with van der Waals surface area (Å²) in [7, 11) is -6.88. The zero-order valence-corrected chi connectivity index (χ0v) is 9.88. The SMILES string of the molecule is O=S1(=O)CCC(S(=O)(=O)Nc2ncc[nH]2)C1. The van der Waals surface area contributed by atoms with Gasteiger partial charge in [0.2, 0.25) is 16.0 Å². The van der Waals surface area contributed by atoms with Gasteiger partial charge in [-0.15, -0.1) is 0 Å². The smallest absolute Gasteiger partial charge is 0.238 e. The van der Waals surface area contributed by atoms with Gasteiger partial charge in [-0.3, -0.25) is 4.72 Å². The lowest BCUT2D eigenvalue weighted by molar-refractivity contribution is 0.587. The van der Waals surface area contributed by atoms with Gasteiger partial charge in [0.25, 0.3) is 0 Å². The summed E-state index contributed by atoms with van der Waals surface area (Å²) in [5.74, 6) is -0.288. The maximum absolute atomic E-state index is 11.8. The van der Waals surface area contributed by atoms with E-state index in [1.807, 2.05) is 0 Å². The van der Waals surface area contributed by atoms with E-state index in [2.05, 4.69) is 14.7 Å². The van der Waals surface area contributed by atoms with E-state index < -0.39 is 25.1 Å². The van der Waals surface area contributed by atoms with Gasteiger partial charge in [0, 0.05) is 12.4 Å². The Bertz CT molecular complexity index is 561. The molecule has 1 aromatic rings. The van der Waals surface area contributed by atoms with E-state index in [9.17, 15) is 16.8 Å². The van der Waals surface area contributed by atoms with Gasteiger partial charge < -0.3 is 4.98 Å². The van der Waals surface area contributed by atoms with E-state index in [0.717, 1.165) is 0 Å². The highest BCUT2D eigenvalue weighted by Gasteiger charge is 2.37. The van der Waals surface area contributed by atoms with Crippen LogP contribution in [0.3, 0.4) is 0 Å². The van der Waals surface area contributed by atoms with Gasteiger partial charge in [-0.05, 0) is 6.42 Å². The van der Waals surface area contributed by atoms with Crippen molar-refractivity contribution in [2.45, 2.75) is 11.7 Å². The lowest BCUT2D eigenvalue weighted by Gasteiger charge is -2.09. The molecule has 1 aromatic heterocycles. The van der Waals surface area contributed by atoms with Crippen LogP contribution in [0.25, 0.3) is 0 Å². The molecule has 2 heterocycles. The monoisotopic (exact) mass is 265 g/mol. The van der Waals surface area contributed by atoms with Crippen LogP contribution in [0, 0.1) is 0 Å². The Morgan fingerprint density at radius 2 is 2.25 bits per heavy atom. The van der Waals surface area contributed by atoms with Crippen LogP contribution in [0.2, 0.25) is 0 Å². The van der Waals surface area contributed by atoms with Crippen LogP contribution in [0.5, 0.6) is 0 Å². The minimum atomic E-state index is -3.68. The van der Waals surface area contributed by atoms with Crippen molar-refractivity contribution < 1.29 is 16.8 Å². The number of aromatic amines is 1. The molecular weight excluding hydrogens is 254 g/mol. The molecule has 9 heteroatoms. The summed E-state index contributed by atoms with van der Waals surface area (Å²) in [6.07, 6.45) is 3.02. The van der Waals surface area contributed by atoms with Crippen molar-refractivity contribution in [1.82, 2.24) is 9.97 Å². The summed E-state index contributed by atoms with van der Waals surface area (Å²) in [5, 5.41) is -0.886. The number of anilines is 1. The molecule has 1 unspecified atom stereocenters. The Hall–Kier alpha value is -1.09. The minimum Gasteiger partial charge on any atom is -0.330 e. The first-order valence-corrected chi connectivity index (χ1v) is 7.97. The van der Waals surface area contributed by atoms with Crippen molar-refractivity contribution in [2.75, 3.05) is 16.2 Å². The van der Waals surface area contributed by atoms with Gasteiger partial charge in [-0.25, -0.2) is 21.8 Å². The van der Waals surface area contributed by atoms with Crippen molar-refractivity contribution in [1.29, 1.82) is 0 Å². The van der Waals surface area contributed by atoms with Gasteiger partial charge in [-0.1, -0.05) is 0 Å². The third-order valence-corrected chi connectivity index (χ3v) is 6.10. The number of rotatable bonds is 3. The Morgan fingerprint density at radius 1 is 1.50 bits per heavy atom. The molecule has 0 aromatic carbocycles. The third kappa shape index (κ3) is 2.35. The summed E-state index contributed by atoms with van der Waals surface area (Å²) < 4.78 is 48.1. The van der Waals surface area contributed by atoms with Crippen LogP contribution in [0.1, 0.15) is 6.42 Å². The van der Waals surface area contributed by atoms with E-state index in [1.165, 1.54) is 12.4 Å². The quantitative estimate of drug-likeness (QED) is 0.754. The molecule has 2 N–H and O–H groups in total. The minimum absolute atomic E-state index is 0.0727. The summed E-state index contributed by atoms with van der Waals surface area (Å²) in [5.41, 5.74) is 0. The van der Waals surface area contributed by atoms with Crippen LogP contribution in [-0.2, 0) is 19.9 Å². The zero-order valence-electron chi connectivity index (χ0n) is 8.25. The van der Waals surface area contributed by atoms with Gasteiger partial charge >= 0.3 is 0 Å². The van der Waals surface area contributed by atoms with E-state index in [-0.39, 0.29) is 23.9 Å². The lowest BCUT2D eigenvalue weighted by Crippen LogP contribution is -2.29. The Labute approximate surface area is 93.3 Å². The topological polar surface area (TPSA) is 109 Å². The number of H-pyrrole nitrogens is 1. The van der Waals surface area contributed by atoms with E-state index in [0.29, 0.717) is 0 Å². The number of hydrogen-bond acceptors (Lipinski definition) is 5. The van der Waals surface area contributed by atoms with Gasteiger partial charge in [-0.2, -0.15) is 0 Å². The summed E-state index contributed by atoms with van der Waals surface area (Å²) in [4.78, 5) is 6.30. The molecule has 0 saturated carbocycles. The highest BCUT2D eigenvalue weighted by Crippen LogP contribution is 2.19. The van der Waals surface area contributed by atoms with E-state index in [1.54, 1.807) is 0 Å². The lowest BCUT2D eigenvalue weighted by atomic mass is 10.4. The van der Waals surface area contributed by atoms with Crippen molar-refractivity contribution >= 4 is 25.8 Å². The number of sulfone groups is 1. The molecule has 90 valence electrons. The Morgan fingerprint density at radius 3 is 2.75 bits per heavy atom. The van der Waals surface area contributed by atoms with Crippen LogP contribution >= 0.6 is 0 Å². The van der Waals surface area contributed by atoms with Crippen molar-refractivity contribution in [3.63, 3.8) is 0 Å². The normalized spacial score (nSPS) is 24.4. The first-order chi connectivity index (χ1) is 7.39. The molecule has 1 saturated heterocycles. The molecule has 1 atom stereocenters. The first kappa shape index (κ1) is 11.4. The van der Waals surface area contributed by atoms with Crippen molar-refractivity contribution in [3.05, 3.63) is 12.4 Å². The predicted molar refractivity (Wildman–Crippen MR) is 58.2 cm³/mol. The number of hydrogen-bond donors (Lipinski definition) is 2. The molecule has 1 aliphatic heterocycles. The summed E-state index contributed by atoms with van der Waals surface area (Å²) >= 11 is 0. The van der Waals surface area contributed by atoms with Gasteiger partial charge in [0.15, 0.2) is 9.84 Å². The van der Waals surface area contributed by atoms with Crippen molar-refractivity contribution in [3.8, 4) is 0 Å². The van der Waals surface area contributed by atoms with Crippen LogP contribution in [0.4, 0.5) is 5.95 Å². The van der Waals surface area contributed by atoms with Crippen LogP contribution < -0.4 is 4.72 Å². The summed E-state index contributed by atoms with van der Waals surface area (Å²) in [6, 6.07) is 0. The number of nitrogens with one attached hydrogen (secondary N) is 2. The second kappa shape index (κ2) is 3.74. The maximum Gasteiger partial charge on any atom is 0.238 e. The standard InChI is InChI=1S/C7H11N3O4S2/c11-15(12)4-1-6(5-15)16(13,14)10-7-8-2-3-9-7/h2-3,6H,1,4-5H2,(H2,8,9,10). The Balaban J connectivity index is 2.15. The number of aromatic nitrogens is 2. The van der Waals surface area contributed by atoms with Crippen molar-refractivity contribution in [2.24, 2.45) is 0 Å². The molecule has 0 radical (unpaired) electrons. The van der Waals surface area contributed by atoms with E-state index in [4.69, 9.17) is 0 Å². The summed E-state index contributed by atoms with van der Waals surface area (Å²) in [6.45, 7) is 0. The second-order valence-electron chi connectivity index (χ2n) is 3.61. The molecule has 0 aliphatic carbocycles. The molecule has 0 bridgehead atoms. The van der Waals surface area contributed by atoms with Crippen LogP contribution in [-0.4, -0.2) is 43.6 Å². The third-order valence-electron chi connectivity index (χ3n) is 2.37. The maximum atomic E-state index is 11.8. The fourth-order valence-corrected chi connectivity index (χ4v) is 5.55. The average Bonchev–Trinajstić information content (AvgIpc) is 2.74. The molecule has 7 nitrogen and oxygen atoms in total. The number of sulfonamides is 1. The largest absolute Gasteiger partial charge is 0.330 e. The molecule has 1 aliphatic rings. The molecule has 0 spiro atoms. The van der Waals surface area contributed by atoms with Gasteiger partial charge in [0.1, 0.15) is 0 Å². The molecule has 0 amide bonds. The first-order valence-electron chi connectivity index (χ1n) is 4.60. The average molecular weight is 265 g/mol. The molecule has 1 fully saturated rings. The molecule has 16 heavy (non-hydrogen) atoms. The number of imidazole rings is 1. The fourth-order valence-electron chi connectivity index (χ4n) is 1.54. The highest BCUT2D eigenvalue weighted by molar-refractivity contribution is 7.97. The molecular formula is C7H11N3O4S2. The zero-order chi connectivity index (χ0) is 11.8.